The molecule has 0 amide bonds. The summed E-state index contributed by atoms with van der Waals surface area (Å²) >= 11 is 10.8. The first-order valence-corrected chi connectivity index (χ1v) is 13.0. The van der Waals surface area contributed by atoms with Crippen LogP contribution in [0.2, 0.25) is 5.02 Å². The number of benzene rings is 3. The van der Waals surface area contributed by atoms with Crippen LogP contribution in [0.15, 0.2) is 70.3 Å². The predicted octanol–water partition coefficient (Wildman–Crippen LogP) is 6.83. The van der Waals surface area contributed by atoms with Crippen molar-refractivity contribution in [2.75, 3.05) is 13.7 Å². The smallest absolute Gasteiger partial charge is 0.220 e. The van der Waals surface area contributed by atoms with Crippen LogP contribution >= 0.6 is 39.3 Å². The number of nitro groups is 1. The van der Waals surface area contributed by atoms with Crippen LogP contribution in [0.1, 0.15) is 22.2 Å². The van der Waals surface area contributed by atoms with E-state index in [0.29, 0.717) is 43.2 Å². The molecule has 8 nitrogen and oxygen atoms in total. The van der Waals surface area contributed by atoms with Gasteiger partial charge in [0.1, 0.15) is 23.5 Å². The minimum Gasteiger partial charge on any atom is -0.493 e. The molecule has 192 valence electrons. The Labute approximate surface area is 230 Å². The van der Waals surface area contributed by atoms with Crippen molar-refractivity contribution in [2.24, 2.45) is 0 Å². The van der Waals surface area contributed by atoms with Crippen molar-refractivity contribution in [1.29, 1.82) is 0 Å². The third kappa shape index (κ3) is 6.60. The van der Waals surface area contributed by atoms with E-state index in [2.05, 4.69) is 26.1 Å². The van der Waals surface area contributed by atoms with Crippen molar-refractivity contribution in [1.82, 2.24) is 14.8 Å². The normalized spacial score (nSPS) is 11.8. The van der Waals surface area contributed by atoms with E-state index in [4.69, 9.17) is 21.1 Å². The maximum absolute atomic E-state index is 13.5. The third-order valence-electron chi connectivity index (χ3n) is 5.34. The number of hydrogen-bond acceptors (Lipinski definition) is 7. The van der Waals surface area contributed by atoms with E-state index in [1.165, 1.54) is 31.0 Å². The predicted molar refractivity (Wildman–Crippen MR) is 143 cm³/mol. The summed E-state index contributed by atoms with van der Waals surface area (Å²) in [4.78, 5) is 11.2. The van der Waals surface area contributed by atoms with Crippen LogP contribution < -0.4 is 9.47 Å². The van der Waals surface area contributed by atoms with Gasteiger partial charge in [-0.3, -0.25) is 14.7 Å². The van der Waals surface area contributed by atoms with E-state index >= 15 is 0 Å². The highest BCUT2D eigenvalue weighted by atomic mass is 79.9. The molecule has 0 aliphatic carbocycles. The standard InChI is InChI=1S/C25H21BrClFN4O4S/c1-15-29-30-25(32(15)20-8-6-19(28)7-9-20)37-23(13-31(33)34)17-11-21(26)24(22(12-17)35-2)36-14-16-4-3-5-18(27)10-16/h3-12,23H,13-14H2,1-2H3/t23-/m0/s1. The molecule has 0 fully saturated rings. The third-order valence-corrected chi connectivity index (χ3v) is 7.34. The van der Waals surface area contributed by atoms with Crippen molar-refractivity contribution in [2.45, 2.75) is 23.9 Å². The molecular weight excluding hydrogens is 587 g/mol. The number of ether oxygens (including phenoxy) is 2. The molecule has 12 heteroatoms. The zero-order valence-corrected chi connectivity index (χ0v) is 22.9. The van der Waals surface area contributed by atoms with Crippen molar-refractivity contribution >= 4 is 39.3 Å². The van der Waals surface area contributed by atoms with E-state index in [9.17, 15) is 14.5 Å². The summed E-state index contributed by atoms with van der Waals surface area (Å²) in [7, 11) is 1.50. The molecule has 0 saturated heterocycles. The molecule has 0 saturated carbocycles. The molecule has 0 bridgehead atoms. The molecular formula is C25H21BrClFN4O4S. The summed E-state index contributed by atoms with van der Waals surface area (Å²) in [6.45, 7) is 1.63. The summed E-state index contributed by atoms with van der Waals surface area (Å²) in [6.07, 6.45) is 0. The topological polar surface area (TPSA) is 92.3 Å². The van der Waals surface area contributed by atoms with Crippen LogP contribution in [-0.2, 0) is 6.61 Å². The van der Waals surface area contributed by atoms with Gasteiger partial charge < -0.3 is 9.47 Å². The lowest BCUT2D eigenvalue weighted by molar-refractivity contribution is -0.479. The fraction of sp³-hybridized carbons (Fsp3) is 0.200. The van der Waals surface area contributed by atoms with Gasteiger partial charge in [0.15, 0.2) is 16.7 Å². The Balaban J connectivity index is 1.65. The van der Waals surface area contributed by atoms with Gasteiger partial charge in [0.25, 0.3) is 0 Å². The van der Waals surface area contributed by atoms with E-state index in [1.54, 1.807) is 47.9 Å². The Kier molecular flexibility index (Phi) is 8.67. The maximum atomic E-state index is 13.5. The Hall–Kier alpha value is -3.15. The molecule has 0 N–H and O–H groups in total. The van der Waals surface area contributed by atoms with Crippen LogP contribution in [0, 0.1) is 22.9 Å². The second-order valence-corrected chi connectivity index (χ2v) is 10.4. The lowest BCUT2D eigenvalue weighted by atomic mass is 10.1. The van der Waals surface area contributed by atoms with E-state index in [1.807, 2.05) is 12.1 Å². The zero-order chi connectivity index (χ0) is 26.5. The molecule has 3 aromatic carbocycles. The Morgan fingerprint density at radius 2 is 1.95 bits per heavy atom. The largest absolute Gasteiger partial charge is 0.493 e. The Morgan fingerprint density at radius 1 is 1.19 bits per heavy atom. The average Bonchev–Trinajstić information content (AvgIpc) is 3.22. The van der Waals surface area contributed by atoms with Crippen LogP contribution in [0.25, 0.3) is 5.69 Å². The highest BCUT2D eigenvalue weighted by Gasteiger charge is 2.26. The van der Waals surface area contributed by atoms with Crippen molar-refractivity contribution < 1.29 is 18.8 Å². The number of aryl methyl sites for hydroxylation is 1. The van der Waals surface area contributed by atoms with Gasteiger partial charge >= 0.3 is 0 Å². The summed E-state index contributed by atoms with van der Waals surface area (Å²) in [5.41, 5.74) is 2.16. The fourth-order valence-corrected chi connectivity index (χ4v) is 5.57. The lowest BCUT2D eigenvalue weighted by Crippen LogP contribution is -2.12. The van der Waals surface area contributed by atoms with Crippen LogP contribution in [-0.4, -0.2) is 33.3 Å². The Morgan fingerprint density at radius 3 is 2.62 bits per heavy atom. The fourth-order valence-electron chi connectivity index (χ4n) is 3.63. The molecule has 37 heavy (non-hydrogen) atoms. The van der Waals surface area contributed by atoms with E-state index < -0.39 is 5.25 Å². The molecule has 0 aliphatic heterocycles. The van der Waals surface area contributed by atoms with Gasteiger partial charge in [-0.15, -0.1) is 10.2 Å². The second-order valence-electron chi connectivity index (χ2n) is 7.92. The van der Waals surface area contributed by atoms with Crippen LogP contribution in [0.4, 0.5) is 4.39 Å². The van der Waals surface area contributed by atoms with Gasteiger partial charge in [-0.25, -0.2) is 4.39 Å². The summed E-state index contributed by atoms with van der Waals surface area (Å²) < 4.78 is 27.3. The SMILES string of the molecule is COc1cc([C@H](C[N+](=O)[O-])Sc2nnc(C)n2-c2ccc(F)cc2)cc(Br)c1OCc1cccc(Cl)c1. The van der Waals surface area contributed by atoms with Crippen molar-refractivity contribution in [3.63, 3.8) is 0 Å². The molecule has 1 aromatic heterocycles. The first-order valence-electron chi connectivity index (χ1n) is 11.0. The maximum Gasteiger partial charge on any atom is 0.220 e. The number of thioether (sulfide) groups is 1. The Bertz CT molecular complexity index is 1420. The molecule has 0 radical (unpaired) electrons. The summed E-state index contributed by atoms with van der Waals surface area (Å²) in [6, 6.07) is 16.7. The van der Waals surface area contributed by atoms with Gasteiger partial charge in [0, 0.05) is 15.6 Å². The highest BCUT2D eigenvalue weighted by molar-refractivity contribution is 9.10. The first-order chi connectivity index (χ1) is 17.7. The minimum absolute atomic E-state index is 0.252. The number of halogens is 3. The molecule has 0 unspecified atom stereocenters. The van der Waals surface area contributed by atoms with Crippen LogP contribution in [0.5, 0.6) is 11.5 Å². The van der Waals surface area contributed by atoms with Crippen molar-refractivity contribution in [3.8, 4) is 17.2 Å². The van der Waals surface area contributed by atoms with Gasteiger partial charge in [0.05, 0.1) is 11.6 Å². The number of hydrogen-bond donors (Lipinski definition) is 0. The van der Waals surface area contributed by atoms with E-state index in [0.717, 1.165) is 5.56 Å². The number of nitrogens with zero attached hydrogens (tertiary/aromatic N) is 4. The molecule has 1 atom stereocenters. The van der Waals surface area contributed by atoms with Gasteiger partial charge in [0.2, 0.25) is 6.54 Å². The summed E-state index contributed by atoms with van der Waals surface area (Å²) in [5.74, 6) is 1.07. The average molecular weight is 608 g/mol. The second kappa shape index (κ2) is 11.9. The first kappa shape index (κ1) is 26.9. The molecule has 0 spiro atoms. The van der Waals surface area contributed by atoms with Crippen LogP contribution in [0.3, 0.4) is 0 Å². The highest BCUT2D eigenvalue weighted by Crippen LogP contribution is 2.43. The number of rotatable bonds is 10. The zero-order valence-electron chi connectivity index (χ0n) is 19.7. The van der Waals surface area contributed by atoms with Crippen molar-refractivity contribution in [3.05, 3.63) is 103 Å². The molecule has 0 aliphatic rings. The van der Waals surface area contributed by atoms with Gasteiger partial charge in [-0.1, -0.05) is 35.5 Å². The number of methoxy groups -OCH3 is 1. The van der Waals surface area contributed by atoms with E-state index in [-0.39, 0.29) is 23.9 Å². The van der Waals surface area contributed by atoms with Gasteiger partial charge in [-0.2, -0.15) is 0 Å². The quantitative estimate of drug-likeness (QED) is 0.111. The molecule has 1 heterocycles. The molecule has 4 aromatic rings. The minimum atomic E-state index is -0.634. The number of aromatic nitrogens is 3. The molecule has 4 rings (SSSR count). The van der Waals surface area contributed by atoms with Gasteiger partial charge in [-0.05, 0) is 82.5 Å². The lowest BCUT2D eigenvalue weighted by Gasteiger charge is -2.18. The monoisotopic (exact) mass is 606 g/mol. The summed E-state index contributed by atoms with van der Waals surface area (Å²) in [5, 5.41) is 20.4.